The Morgan fingerprint density at radius 2 is 2.11 bits per heavy atom. The monoisotopic (exact) mass is 249 g/mol. The molecule has 0 aromatic carbocycles. The van der Waals surface area contributed by atoms with Crippen LogP contribution in [-0.4, -0.2) is 36.8 Å². The lowest BCUT2D eigenvalue weighted by molar-refractivity contribution is -0.00551. The number of anilines is 1. The van der Waals surface area contributed by atoms with E-state index in [1.807, 2.05) is 12.3 Å². The van der Waals surface area contributed by atoms with Crippen LogP contribution >= 0.6 is 0 Å². The average molecular weight is 249 g/mol. The molecular weight excluding hydrogens is 226 g/mol. The topological polar surface area (TPSA) is 37.4 Å². The van der Waals surface area contributed by atoms with Gasteiger partial charge in [0.15, 0.2) is 0 Å². The van der Waals surface area contributed by atoms with Crippen molar-refractivity contribution in [2.24, 2.45) is 0 Å². The Hall–Kier alpha value is -1.13. The van der Waals surface area contributed by atoms with E-state index in [2.05, 4.69) is 42.0 Å². The molecule has 0 saturated carbocycles. The van der Waals surface area contributed by atoms with Crippen molar-refractivity contribution in [1.29, 1.82) is 0 Å². The minimum Gasteiger partial charge on any atom is -0.372 e. The highest BCUT2D eigenvalue weighted by Crippen LogP contribution is 2.21. The molecule has 0 amide bonds. The number of nitrogens with one attached hydrogen (secondary N) is 1. The number of hydrogen-bond donors (Lipinski definition) is 1. The lowest BCUT2D eigenvalue weighted by atomic mass is 10.2. The molecular formula is C14H23N3O. The van der Waals surface area contributed by atoms with Gasteiger partial charge in [0.25, 0.3) is 0 Å². The van der Waals surface area contributed by atoms with Crippen molar-refractivity contribution >= 4 is 5.82 Å². The number of ether oxygens (including phenoxy) is 1. The largest absolute Gasteiger partial charge is 0.372 e. The number of rotatable bonds is 4. The van der Waals surface area contributed by atoms with Gasteiger partial charge in [0, 0.05) is 31.4 Å². The van der Waals surface area contributed by atoms with Gasteiger partial charge in [-0.2, -0.15) is 0 Å². The first-order valence-electron chi connectivity index (χ1n) is 6.75. The molecule has 2 heterocycles. The zero-order chi connectivity index (χ0) is 13.0. The predicted molar refractivity (Wildman–Crippen MR) is 73.8 cm³/mol. The van der Waals surface area contributed by atoms with Gasteiger partial charge in [0.1, 0.15) is 5.82 Å². The number of pyridine rings is 1. The highest BCUT2D eigenvalue weighted by Gasteiger charge is 2.24. The van der Waals surface area contributed by atoms with Gasteiger partial charge < -0.3 is 15.0 Å². The highest BCUT2D eigenvalue weighted by molar-refractivity contribution is 5.47. The van der Waals surface area contributed by atoms with E-state index in [1.165, 1.54) is 5.56 Å². The summed E-state index contributed by atoms with van der Waals surface area (Å²) < 4.78 is 5.77. The smallest absolute Gasteiger partial charge is 0.133 e. The molecule has 1 aliphatic heterocycles. The Balaban J connectivity index is 2.15. The van der Waals surface area contributed by atoms with Crippen LogP contribution in [0, 0.1) is 0 Å². The van der Waals surface area contributed by atoms with Crippen molar-refractivity contribution in [1.82, 2.24) is 10.3 Å². The summed E-state index contributed by atoms with van der Waals surface area (Å²) in [6.45, 7) is 10.0. The number of hydrogen-bond acceptors (Lipinski definition) is 4. The third-order valence-electron chi connectivity index (χ3n) is 3.15. The third kappa shape index (κ3) is 3.21. The van der Waals surface area contributed by atoms with Gasteiger partial charge in [-0.05, 0) is 26.5 Å². The molecule has 1 saturated heterocycles. The zero-order valence-electron chi connectivity index (χ0n) is 11.5. The Labute approximate surface area is 109 Å². The molecule has 2 atom stereocenters. The lowest BCUT2D eigenvalue weighted by Crippen LogP contribution is -2.46. The van der Waals surface area contributed by atoms with Gasteiger partial charge in [-0.25, -0.2) is 4.98 Å². The summed E-state index contributed by atoms with van der Waals surface area (Å²) in [6.07, 6.45) is 2.40. The molecule has 0 bridgehead atoms. The van der Waals surface area contributed by atoms with Crippen molar-refractivity contribution < 1.29 is 4.74 Å². The fraction of sp³-hybridized carbons (Fsp3) is 0.643. The fourth-order valence-corrected chi connectivity index (χ4v) is 2.46. The molecule has 2 rings (SSSR count). The van der Waals surface area contributed by atoms with Gasteiger partial charge in [-0.15, -0.1) is 0 Å². The zero-order valence-corrected chi connectivity index (χ0v) is 11.5. The number of nitrogens with zero attached hydrogens (tertiary/aromatic N) is 2. The quantitative estimate of drug-likeness (QED) is 0.883. The van der Waals surface area contributed by atoms with E-state index in [0.717, 1.165) is 32.0 Å². The van der Waals surface area contributed by atoms with Crippen molar-refractivity contribution in [3.63, 3.8) is 0 Å². The molecule has 0 radical (unpaired) electrons. The second-order valence-electron chi connectivity index (χ2n) is 4.93. The van der Waals surface area contributed by atoms with Crippen LogP contribution in [0.5, 0.6) is 0 Å². The molecule has 18 heavy (non-hydrogen) atoms. The Morgan fingerprint density at radius 3 is 2.78 bits per heavy atom. The van der Waals surface area contributed by atoms with Crippen LogP contribution in [0.2, 0.25) is 0 Å². The summed E-state index contributed by atoms with van der Waals surface area (Å²) >= 11 is 0. The van der Waals surface area contributed by atoms with E-state index in [9.17, 15) is 0 Å². The lowest BCUT2D eigenvalue weighted by Gasteiger charge is -2.37. The van der Waals surface area contributed by atoms with Crippen LogP contribution in [0.25, 0.3) is 0 Å². The SMILES string of the molecule is CCNCc1cccnc1N1C[C@@H](C)O[C@@H](C)C1. The molecule has 1 aliphatic rings. The first kappa shape index (κ1) is 13.3. The van der Waals surface area contributed by atoms with Gasteiger partial charge in [0.2, 0.25) is 0 Å². The number of morpholine rings is 1. The van der Waals surface area contributed by atoms with E-state index in [1.54, 1.807) is 0 Å². The minimum absolute atomic E-state index is 0.266. The summed E-state index contributed by atoms with van der Waals surface area (Å²) in [5.74, 6) is 1.10. The molecule has 100 valence electrons. The summed E-state index contributed by atoms with van der Waals surface area (Å²) in [5.41, 5.74) is 1.26. The maximum atomic E-state index is 5.77. The number of aromatic nitrogens is 1. The standard InChI is InChI=1S/C14H23N3O/c1-4-15-8-13-6-5-7-16-14(13)17-9-11(2)18-12(3)10-17/h5-7,11-12,15H,4,8-10H2,1-3H3/t11-,12+. The molecule has 1 aromatic rings. The van der Waals surface area contributed by atoms with Crippen LogP contribution in [-0.2, 0) is 11.3 Å². The molecule has 1 aromatic heterocycles. The van der Waals surface area contributed by atoms with E-state index in [4.69, 9.17) is 4.74 Å². The van der Waals surface area contributed by atoms with Gasteiger partial charge in [-0.3, -0.25) is 0 Å². The van der Waals surface area contributed by atoms with Crippen molar-refractivity contribution in [3.8, 4) is 0 Å². The van der Waals surface area contributed by atoms with Gasteiger partial charge in [-0.1, -0.05) is 13.0 Å². The Morgan fingerprint density at radius 1 is 1.39 bits per heavy atom. The van der Waals surface area contributed by atoms with Crippen LogP contribution < -0.4 is 10.2 Å². The van der Waals surface area contributed by atoms with Crippen LogP contribution in [0.3, 0.4) is 0 Å². The van der Waals surface area contributed by atoms with E-state index in [-0.39, 0.29) is 12.2 Å². The second kappa shape index (κ2) is 6.16. The molecule has 4 heteroatoms. The molecule has 1 fully saturated rings. The molecule has 0 spiro atoms. The Kier molecular flexibility index (Phi) is 4.55. The fourth-order valence-electron chi connectivity index (χ4n) is 2.46. The highest BCUT2D eigenvalue weighted by atomic mass is 16.5. The molecule has 1 N–H and O–H groups in total. The average Bonchev–Trinajstić information content (AvgIpc) is 2.35. The first-order valence-corrected chi connectivity index (χ1v) is 6.75. The van der Waals surface area contributed by atoms with E-state index < -0.39 is 0 Å². The van der Waals surface area contributed by atoms with E-state index in [0.29, 0.717) is 0 Å². The van der Waals surface area contributed by atoms with Crippen molar-refractivity contribution in [2.75, 3.05) is 24.5 Å². The summed E-state index contributed by atoms with van der Waals surface area (Å²) in [4.78, 5) is 6.89. The first-order chi connectivity index (χ1) is 8.70. The van der Waals surface area contributed by atoms with Crippen molar-refractivity contribution in [3.05, 3.63) is 23.9 Å². The minimum atomic E-state index is 0.266. The second-order valence-corrected chi connectivity index (χ2v) is 4.93. The summed E-state index contributed by atoms with van der Waals surface area (Å²) in [7, 11) is 0. The van der Waals surface area contributed by atoms with Crippen LogP contribution in [0.4, 0.5) is 5.82 Å². The Bertz CT molecular complexity index is 373. The maximum Gasteiger partial charge on any atom is 0.133 e. The van der Waals surface area contributed by atoms with Gasteiger partial charge >= 0.3 is 0 Å². The van der Waals surface area contributed by atoms with Gasteiger partial charge in [0.05, 0.1) is 12.2 Å². The van der Waals surface area contributed by atoms with Crippen molar-refractivity contribution in [2.45, 2.75) is 39.5 Å². The maximum absolute atomic E-state index is 5.77. The predicted octanol–water partition coefficient (Wildman–Crippen LogP) is 1.80. The van der Waals surface area contributed by atoms with Crippen LogP contribution in [0.15, 0.2) is 18.3 Å². The third-order valence-corrected chi connectivity index (χ3v) is 3.15. The van der Waals surface area contributed by atoms with E-state index >= 15 is 0 Å². The summed E-state index contributed by atoms with van der Waals surface area (Å²) in [5, 5.41) is 3.37. The summed E-state index contributed by atoms with van der Waals surface area (Å²) in [6, 6.07) is 4.15. The molecule has 0 unspecified atom stereocenters. The molecule has 0 aliphatic carbocycles. The normalized spacial score (nSPS) is 24.3. The van der Waals surface area contributed by atoms with Crippen LogP contribution in [0.1, 0.15) is 26.3 Å². The molecule has 4 nitrogen and oxygen atoms in total.